The number of aromatic nitrogens is 4. The van der Waals surface area contributed by atoms with Gasteiger partial charge in [0.05, 0.1) is 4.92 Å². The van der Waals surface area contributed by atoms with Crippen LogP contribution in [0.4, 0.5) is 10.1 Å². The van der Waals surface area contributed by atoms with E-state index in [-0.39, 0.29) is 11.5 Å². The Morgan fingerprint density at radius 3 is 2.31 bits per heavy atom. The SMILES string of the molecule is O=[N+]([O-])c1ccc(CSc2nnc(-c3ccncc3)n2-c2ccc(F)cc2)cc1. The average molecular weight is 407 g/mol. The van der Waals surface area contributed by atoms with Gasteiger partial charge in [0, 0.05) is 41.5 Å². The number of thioether (sulfide) groups is 1. The van der Waals surface area contributed by atoms with Gasteiger partial charge in [0.15, 0.2) is 11.0 Å². The summed E-state index contributed by atoms with van der Waals surface area (Å²) in [7, 11) is 0. The van der Waals surface area contributed by atoms with E-state index in [1.54, 1.807) is 36.7 Å². The van der Waals surface area contributed by atoms with Crippen LogP contribution in [0.1, 0.15) is 5.56 Å². The number of rotatable bonds is 6. The maximum atomic E-state index is 13.4. The van der Waals surface area contributed by atoms with Gasteiger partial charge in [-0.1, -0.05) is 23.9 Å². The highest BCUT2D eigenvalue weighted by atomic mass is 32.2. The summed E-state index contributed by atoms with van der Waals surface area (Å²) in [6.45, 7) is 0. The van der Waals surface area contributed by atoms with Crippen molar-refractivity contribution in [3.05, 3.63) is 94.6 Å². The van der Waals surface area contributed by atoms with E-state index in [1.807, 2.05) is 16.7 Å². The van der Waals surface area contributed by atoms with Gasteiger partial charge in [0.1, 0.15) is 5.82 Å². The Morgan fingerprint density at radius 1 is 0.966 bits per heavy atom. The van der Waals surface area contributed by atoms with Crippen molar-refractivity contribution in [2.45, 2.75) is 10.9 Å². The molecule has 0 N–H and O–H groups in total. The number of benzene rings is 2. The van der Waals surface area contributed by atoms with E-state index >= 15 is 0 Å². The van der Waals surface area contributed by atoms with Crippen LogP contribution >= 0.6 is 11.8 Å². The Hall–Kier alpha value is -3.59. The lowest BCUT2D eigenvalue weighted by molar-refractivity contribution is -0.384. The summed E-state index contributed by atoms with van der Waals surface area (Å²) in [5.74, 6) is 0.839. The molecule has 7 nitrogen and oxygen atoms in total. The third kappa shape index (κ3) is 4.14. The lowest BCUT2D eigenvalue weighted by atomic mass is 10.2. The fraction of sp³-hybridized carbons (Fsp3) is 0.0500. The van der Waals surface area contributed by atoms with Gasteiger partial charge in [-0.25, -0.2) is 4.39 Å². The van der Waals surface area contributed by atoms with E-state index in [2.05, 4.69) is 15.2 Å². The van der Waals surface area contributed by atoms with Crippen LogP contribution < -0.4 is 0 Å². The molecule has 2 aromatic heterocycles. The second-order valence-electron chi connectivity index (χ2n) is 6.07. The summed E-state index contributed by atoms with van der Waals surface area (Å²) < 4.78 is 15.3. The lowest BCUT2D eigenvalue weighted by Gasteiger charge is -2.10. The van der Waals surface area contributed by atoms with Crippen molar-refractivity contribution >= 4 is 17.4 Å². The van der Waals surface area contributed by atoms with E-state index in [0.29, 0.717) is 16.7 Å². The van der Waals surface area contributed by atoms with Gasteiger partial charge < -0.3 is 0 Å². The van der Waals surface area contributed by atoms with Crippen LogP contribution in [-0.2, 0) is 5.75 Å². The Balaban J connectivity index is 1.67. The van der Waals surface area contributed by atoms with Crippen molar-refractivity contribution in [3.63, 3.8) is 0 Å². The zero-order valence-electron chi connectivity index (χ0n) is 15.0. The minimum Gasteiger partial charge on any atom is -0.270 e. The molecule has 0 bridgehead atoms. The van der Waals surface area contributed by atoms with Crippen LogP contribution in [0, 0.1) is 15.9 Å². The lowest BCUT2D eigenvalue weighted by Crippen LogP contribution is -2.00. The Bertz CT molecular complexity index is 1130. The number of hydrogen-bond acceptors (Lipinski definition) is 6. The number of nitro groups is 1. The van der Waals surface area contributed by atoms with Crippen LogP contribution in [0.3, 0.4) is 0 Å². The second kappa shape index (κ2) is 8.19. The fourth-order valence-electron chi connectivity index (χ4n) is 2.74. The fourth-order valence-corrected chi connectivity index (χ4v) is 3.64. The van der Waals surface area contributed by atoms with E-state index < -0.39 is 4.92 Å². The highest BCUT2D eigenvalue weighted by Gasteiger charge is 2.16. The van der Waals surface area contributed by atoms with Gasteiger partial charge in [0.2, 0.25) is 0 Å². The zero-order chi connectivity index (χ0) is 20.2. The van der Waals surface area contributed by atoms with Gasteiger partial charge in [-0.2, -0.15) is 0 Å². The number of non-ortho nitro benzene ring substituents is 1. The molecule has 0 saturated carbocycles. The predicted molar refractivity (Wildman–Crippen MR) is 107 cm³/mol. The van der Waals surface area contributed by atoms with Crippen LogP contribution in [0.25, 0.3) is 17.1 Å². The monoisotopic (exact) mass is 407 g/mol. The molecule has 0 aliphatic rings. The molecule has 0 saturated heterocycles. The maximum Gasteiger partial charge on any atom is 0.269 e. The summed E-state index contributed by atoms with van der Waals surface area (Å²) in [4.78, 5) is 14.4. The quantitative estimate of drug-likeness (QED) is 0.262. The standard InChI is InChI=1S/C20H14FN5O2S/c21-16-3-7-17(8-4-16)25-19(15-9-11-22-12-10-15)23-24-20(25)29-13-14-1-5-18(6-2-14)26(27)28/h1-12H,13H2. The molecule has 0 fully saturated rings. The van der Waals surface area contributed by atoms with Crippen LogP contribution in [0.2, 0.25) is 0 Å². The van der Waals surface area contributed by atoms with Gasteiger partial charge in [0.25, 0.3) is 5.69 Å². The molecule has 2 heterocycles. The first-order chi connectivity index (χ1) is 14.1. The molecule has 0 aliphatic heterocycles. The molecule has 0 radical (unpaired) electrons. The van der Waals surface area contributed by atoms with Crippen molar-refractivity contribution in [3.8, 4) is 17.1 Å². The summed E-state index contributed by atoms with van der Waals surface area (Å²) >= 11 is 1.44. The van der Waals surface area contributed by atoms with Gasteiger partial charge in [-0.05, 0) is 42.0 Å². The average Bonchev–Trinajstić information content (AvgIpc) is 3.17. The Morgan fingerprint density at radius 2 is 1.66 bits per heavy atom. The van der Waals surface area contributed by atoms with Crippen molar-refractivity contribution in [2.24, 2.45) is 0 Å². The molecule has 0 atom stereocenters. The van der Waals surface area contributed by atoms with Crippen LogP contribution in [0.15, 0.2) is 78.2 Å². The third-order valence-corrected chi connectivity index (χ3v) is 5.17. The topological polar surface area (TPSA) is 86.7 Å². The number of nitro benzene ring substituents is 1. The first-order valence-electron chi connectivity index (χ1n) is 8.60. The first kappa shape index (κ1) is 18.8. The zero-order valence-corrected chi connectivity index (χ0v) is 15.8. The van der Waals surface area contributed by atoms with Gasteiger partial charge >= 0.3 is 0 Å². The molecule has 0 unspecified atom stereocenters. The maximum absolute atomic E-state index is 13.4. The number of pyridine rings is 1. The molecule has 144 valence electrons. The van der Waals surface area contributed by atoms with E-state index in [0.717, 1.165) is 16.8 Å². The number of nitrogens with zero attached hydrogens (tertiary/aromatic N) is 5. The second-order valence-corrected chi connectivity index (χ2v) is 7.01. The number of hydrogen-bond donors (Lipinski definition) is 0. The smallest absolute Gasteiger partial charge is 0.269 e. The highest BCUT2D eigenvalue weighted by Crippen LogP contribution is 2.30. The third-order valence-electron chi connectivity index (χ3n) is 4.17. The molecule has 0 aliphatic carbocycles. The van der Waals surface area contributed by atoms with E-state index in [1.165, 1.54) is 36.0 Å². The largest absolute Gasteiger partial charge is 0.270 e. The minimum absolute atomic E-state index is 0.0493. The predicted octanol–water partition coefficient (Wildman–Crippen LogP) is 4.67. The summed E-state index contributed by atoms with van der Waals surface area (Å²) in [6, 6.07) is 16.1. The number of halogens is 1. The molecular weight excluding hydrogens is 393 g/mol. The van der Waals surface area contributed by atoms with Crippen molar-refractivity contribution in [1.29, 1.82) is 0 Å². The first-order valence-corrected chi connectivity index (χ1v) is 9.58. The molecule has 0 amide bonds. The summed E-state index contributed by atoms with van der Waals surface area (Å²) in [5, 5.41) is 20.1. The van der Waals surface area contributed by atoms with Crippen molar-refractivity contribution < 1.29 is 9.31 Å². The highest BCUT2D eigenvalue weighted by molar-refractivity contribution is 7.98. The normalized spacial score (nSPS) is 10.8. The van der Waals surface area contributed by atoms with E-state index in [4.69, 9.17) is 0 Å². The molecule has 4 rings (SSSR count). The Labute approximate surface area is 169 Å². The Kier molecular flexibility index (Phi) is 5.30. The van der Waals surface area contributed by atoms with Crippen LogP contribution in [-0.4, -0.2) is 24.7 Å². The van der Waals surface area contributed by atoms with Crippen LogP contribution in [0.5, 0.6) is 0 Å². The minimum atomic E-state index is -0.428. The molecule has 0 spiro atoms. The molecule has 29 heavy (non-hydrogen) atoms. The molecule has 4 aromatic rings. The van der Waals surface area contributed by atoms with Crippen molar-refractivity contribution in [1.82, 2.24) is 19.7 Å². The summed E-state index contributed by atoms with van der Waals surface area (Å²) in [6.07, 6.45) is 3.34. The molecule has 2 aromatic carbocycles. The van der Waals surface area contributed by atoms with Gasteiger partial charge in [-0.3, -0.25) is 19.7 Å². The van der Waals surface area contributed by atoms with Crippen molar-refractivity contribution in [2.75, 3.05) is 0 Å². The van der Waals surface area contributed by atoms with Gasteiger partial charge in [-0.15, -0.1) is 10.2 Å². The summed E-state index contributed by atoms with van der Waals surface area (Å²) in [5.41, 5.74) is 2.53. The molecular formula is C20H14FN5O2S. The van der Waals surface area contributed by atoms with E-state index in [9.17, 15) is 14.5 Å². The molecule has 9 heteroatoms.